The zero-order valence-corrected chi connectivity index (χ0v) is 17.4. The van der Waals surface area contributed by atoms with Crippen LogP contribution in [0.15, 0.2) is 70.9 Å². The minimum atomic E-state index is -0.913. The summed E-state index contributed by atoms with van der Waals surface area (Å²) in [5, 5.41) is 11.2. The lowest BCUT2D eigenvalue weighted by molar-refractivity contribution is -0.132. The highest BCUT2D eigenvalue weighted by molar-refractivity contribution is 6.51. The summed E-state index contributed by atoms with van der Waals surface area (Å²) in [5.41, 5.74) is 1.85. The van der Waals surface area contributed by atoms with Gasteiger partial charge in [-0.1, -0.05) is 6.07 Å². The summed E-state index contributed by atoms with van der Waals surface area (Å²) >= 11 is 0. The van der Waals surface area contributed by atoms with Crippen molar-refractivity contribution in [2.24, 2.45) is 0 Å². The van der Waals surface area contributed by atoms with Gasteiger partial charge in [0, 0.05) is 17.3 Å². The number of ether oxygens (including phenoxy) is 2. The van der Waals surface area contributed by atoms with Crippen LogP contribution < -0.4 is 14.4 Å². The molecule has 0 saturated carbocycles. The largest absolute Gasteiger partial charge is 0.507 e. The normalized spacial score (nSPS) is 19.5. The molecule has 2 aliphatic heterocycles. The van der Waals surface area contributed by atoms with E-state index in [0.29, 0.717) is 29.4 Å². The van der Waals surface area contributed by atoms with Crippen molar-refractivity contribution in [2.45, 2.75) is 18.9 Å². The Morgan fingerprint density at radius 3 is 2.78 bits per heavy atom. The molecule has 1 amide bonds. The number of furan rings is 1. The average Bonchev–Trinajstić information content (AvgIpc) is 3.45. The molecule has 7 heteroatoms. The van der Waals surface area contributed by atoms with Gasteiger partial charge in [0.15, 0.2) is 0 Å². The fourth-order valence-electron chi connectivity index (χ4n) is 4.24. The van der Waals surface area contributed by atoms with E-state index in [1.807, 2.05) is 6.07 Å². The van der Waals surface area contributed by atoms with E-state index in [1.165, 1.54) is 18.3 Å². The number of carbonyl (C=O) groups excluding carboxylic acids is 2. The number of carbonyl (C=O) groups is 2. The van der Waals surface area contributed by atoms with Gasteiger partial charge in [-0.3, -0.25) is 14.5 Å². The van der Waals surface area contributed by atoms with E-state index in [0.717, 1.165) is 24.2 Å². The van der Waals surface area contributed by atoms with Gasteiger partial charge in [-0.25, -0.2) is 0 Å². The molecule has 1 saturated heterocycles. The van der Waals surface area contributed by atoms with Crippen LogP contribution in [-0.4, -0.2) is 30.5 Å². The highest BCUT2D eigenvalue weighted by Gasteiger charge is 2.48. The Balaban J connectivity index is 1.67. The van der Waals surface area contributed by atoms with E-state index < -0.39 is 17.7 Å². The fourth-order valence-corrected chi connectivity index (χ4v) is 4.24. The number of aliphatic hydroxyl groups is 1. The molecule has 3 heterocycles. The molecule has 32 heavy (non-hydrogen) atoms. The van der Waals surface area contributed by atoms with Crippen molar-refractivity contribution < 1.29 is 28.6 Å². The molecule has 3 aromatic rings. The van der Waals surface area contributed by atoms with Crippen LogP contribution in [0.25, 0.3) is 5.76 Å². The lowest BCUT2D eigenvalue weighted by Gasteiger charge is -2.24. The van der Waals surface area contributed by atoms with Crippen LogP contribution in [0.3, 0.4) is 0 Å². The quantitative estimate of drug-likeness (QED) is 0.378. The molecule has 1 atom stereocenters. The highest BCUT2D eigenvalue weighted by Crippen LogP contribution is 2.43. The molecule has 1 unspecified atom stereocenters. The van der Waals surface area contributed by atoms with Gasteiger partial charge in [0.1, 0.15) is 29.1 Å². The number of aliphatic hydroxyl groups excluding tert-OH is 1. The van der Waals surface area contributed by atoms with E-state index in [4.69, 9.17) is 13.9 Å². The van der Waals surface area contributed by atoms with Crippen molar-refractivity contribution in [1.82, 2.24) is 0 Å². The van der Waals surface area contributed by atoms with Crippen LogP contribution in [0.4, 0.5) is 5.69 Å². The Kier molecular flexibility index (Phi) is 4.93. The van der Waals surface area contributed by atoms with Crippen molar-refractivity contribution in [3.8, 4) is 11.5 Å². The van der Waals surface area contributed by atoms with Crippen LogP contribution in [0, 0.1) is 0 Å². The van der Waals surface area contributed by atoms with Gasteiger partial charge in [-0.05, 0) is 60.9 Å². The summed E-state index contributed by atoms with van der Waals surface area (Å²) in [4.78, 5) is 27.6. The van der Waals surface area contributed by atoms with Crippen LogP contribution in [0.1, 0.15) is 29.3 Å². The number of hydrogen-bond acceptors (Lipinski definition) is 6. The zero-order chi connectivity index (χ0) is 22.2. The number of nitrogens with zero attached hydrogens (tertiary/aromatic N) is 1. The van der Waals surface area contributed by atoms with E-state index >= 15 is 0 Å². The molecule has 1 aromatic heterocycles. The lowest BCUT2D eigenvalue weighted by atomic mass is 9.96. The third-order valence-corrected chi connectivity index (χ3v) is 5.77. The Morgan fingerprint density at radius 2 is 2.00 bits per heavy atom. The maximum atomic E-state index is 13.1. The van der Waals surface area contributed by atoms with Crippen molar-refractivity contribution in [3.05, 3.63) is 83.3 Å². The van der Waals surface area contributed by atoms with Gasteiger partial charge in [0.2, 0.25) is 0 Å². The van der Waals surface area contributed by atoms with Gasteiger partial charge in [-0.2, -0.15) is 0 Å². The van der Waals surface area contributed by atoms with Crippen LogP contribution in [0.5, 0.6) is 11.5 Å². The topological polar surface area (TPSA) is 89.2 Å². The monoisotopic (exact) mass is 431 g/mol. The fraction of sp³-hybridized carbons (Fsp3) is 0.200. The second-order valence-corrected chi connectivity index (χ2v) is 7.66. The summed E-state index contributed by atoms with van der Waals surface area (Å²) in [6.07, 6.45) is 3.16. The van der Waals surface area contributed by atoms with Crippen molar-refractivity contribution in [2.75, 3.05) is 18.6 Å². The SMILES string of the molecule is COc1cccc(N2C(=O)C(=O)/C(=C(\O)c3ccc4c(c3)CCCO4)C2c2ccco2)c1. The summed E-state index contributed by atoms with van der Waals surface area (Å²) in [6.45, 7) is 0.655. The number of hydrogen-bond donors (Lipinski definition) is 1. The van der Waals surface area contributed by atoms with Crippen molar-refractivity contribution >= 4 is 23.1 Å². The Morgan fingerprint density at radius 1 is 1.12 bits per heavy atom. The summed E-state index contributed by atoms with van der Waals surface area (Å²) in [6, 6.07) is 14.6. The number of rotatable bonds is 4. The number of Topliss-reactive ketones (excluding diaryl/α,β-unsaturated/α-hetero) is 1. The first-order valence-corrected chi connectivity index (χ1v) is 10.3. The molecule has 7 nitrogen and oxygen atoms in total. The number of methoxy groups -OCH3 is 1. The molecule has 0 aliphatic carbocycles. The lowest BCUT2D eigenvalue weighted by Crippen LogP contribution is -2.29. The summed E-state index contributed by atoms with van der Waals surface area (Å²) in [7, 11) is 1.52. The van der Waals surface area contributed by atoms with E-state index in [9.17, 15) is 14.7 Å². The van der Waals surface area contributed by atoms with Gasteiger partial charge in [-0.15, -0.1) is 0 Å². The standard InChI is InChI=1S/C25H21NO6/c1-30-18-7-2-6-17(14-18)26-22(20-8-4-12-32-20)21(24(28)25(26)29)23(27)16-9-10-19-15(13-16)5-3-11-31-19/h2,4,6-10,12-14,22,27H,3,5,11H2,1H3/b23-21-. The molecular formula is C25H21NO6. The van der Waals surface area contributed by atoms with Gasteiger partial charge in [0.25, 0.3) is 11.7 Å². The number of aryl methyl sites for hydroxylation is 1. The summed E-state index contributed by atoms with van der Waals surface area (Å²) < 4.78 is 16.5. The zero-order valence-electron chi connectivity index (χ0n) is 17.4. The third-order valence-electron chi connectivity index (χ3n) is 5.77. The highest BCUT2D eigenvalue weighted by atomic mass is 16.5. The van der Waals surface area contributed by atoms with E-state index in [2.05, 4.69) is 0 Å². The molecule has 0 radical (unpaired) electrons. The maximum absolute atomic E-state index is 13.1. The minimum Gasteiger partial charge on any atom is -0.507 e. The number of amides is 1. The van der Waals surface area contributed by atoms with Crippen molar-refractivity contribution in [3.63, 3.8) is 0 Å². The van der Waals surface area contributed by atoms with Crippen LogP contribution in [-0.2, 0) is 16.0 Å². The van der Waals surface area contributed by atoms with Crippen LogP contribution in [0.2, 0.25) is 0 Å². The third kappa shape index (κ3) is 3.22. The molecule has 5 rings (SSSR count). The number of benzene rings is 2. The average molecular weight is 431 g/mol. The first kappa shape index (κ1) is 19.9. The molecule has 0 spiro atoms. The molecule has 162 valence electrons. The van der Waals surface area contributed by atoms with Crippen LogP contribution >= 0.6 is 0 Å². The molecule has 2 aliphatic rings. The molecule has 1 fully saturated rings. The predicted octanol–water partition coefficient (Wildman–Crippen LogP) is 4.24. The minimum absolute atomic E-state index is 0.0237. The van der Waals surface area contributed by atoms with E-state index in [-0.39, 0.29) is 11.3 Å². The van der Waals surface area contributed by atoms with Gasteiger partial charge < -0.3 is 19.0 Å². The Hall–Kier alpha value is -4.00. The second-order valence-electron chi connectivity index (χ2n) is 7.66. The molecule has 1 N–H and O–H groups in total. The first-order chi connectivity index (χ1) is 15.6. The maximum Gasteiger partial charge on any atom is 0.300 e. The summed E-state index contributed by atoms with van der Waals surface area (Å²) in [5.74, 6) is -0.0916. The first-order valence-electron chi connectivity index (χ1n) is 10.3. The van der Waals surface area contributed by atoms with Gasteiger partial charge >= 0.3 is 0 Å². The van der Waals surface area contributed by atoms with Gasteiger partial charge in [0.05, 0.1) is 25.6 Å². The smallest absolute Gasteiger partial charge is 0.300 e. The molecule has 0 bridgehead atoms. The molecule has 2 aromatic carbocycles. The van der Waals surface area contributed by atoms with Crippen molar-refractivity contribution in [1.29, 1.82) is 0 Å². The second kappa shape index (κ2) is 7.92. The number of ketones is 1. The predicted molar refractivity (Wildman–Crippen MR) is 117 cm³/mol. The Labute approximate surface area is 184 Å². The van der Waals surface area contributed by atoms with E-state index in [1.54, 1.807) is 48.5 Å². The molecular weight excluding hydrogens is 410 g/mol. The number of fused-ring (bicyclic) bond motifs is 1. The Bertz CT molecular complexity index is 1230. The number of anilines is 1.